The van der Waals surface area contributed by atoms with Gasteiger partial charge in [0.15, 0.2) is 0 Å². The number of alkyl halides is 1. The highest BCUT2D eigenvalue weighted by Crippen LogP contribution is 2.33. The second kappa shape index (κ2) is 4.93. The van der Waals surface area contributed by atoms with Gasteiger partial charge in [0, 0.05) is 23.9 Å². The Morgan fingerprint density at radius 3 is 2.33 bits per heavy atom. The molecule has 0 unspecified atom stereocenters. The molecule has 82 valence electrons. The van der Waals surface area contributed by atoms with Gasteiger partial charge < -0.3 is 0 Å². The normalized spacial score (nSPS) is 26.5. The molecule has 0 aromatic carbocycles. The molecule has 0 N–H and O–H groups in total. The van der Waals surface area contributed by atoms with Gasteiger partial charge in [-0.1, -0.05) is 19.8 Å². The van der Waals surface area contributed by atoms with Crippen LogP contribution in [0.2, 0.25) is 0 Å². The first-order chi connectivity index (χ1) is 7.29. The third-order valence-corrected chi connectivity index (χ3v) is 3.57. The van der Waals surface area contributed by atoms with E-state index in [9.17, 15) is 0 Å². The zero-order valence-corrected chi connectivity index (χ0v) is 9.87. The lowest BCUT2D eigenvalue weighted by Crippen LogP contribution is -2.13. The lowest BCUT2D eigenvalue weighted by Gasteiger charge is -2.24. The topological polar surface area (TPSA) is 25.8 Å². The van der Waals surface area contributed by atoms with Crippen molar-refractivity contribution in [2.75, 3.05) is 0 Å². The van der Waals surface area contributed by atoms with Gasteiger partial charge in [0.1, 0.15) is 5.82 Å². The van der Waals surface area contributed by atoms with Gasteiger partial charge in [-0.15, -0.1) is 11.6 Å². The first-order valence-corrected chi connectivity index (χ1v) is 6.20. The number of rotatable bonds is 2. The van der Waals surface area contributed by atoms with E-state index in [1.165, 1.54) is 25.7 Å². The maximum Gasteiger partial charge on any atom is 0.131 e. The van der Waals surface area contributed by atoms with Crippen LogP contribution in [0, 0.1) is 5.92 Å². The van der Waals surface area contributed by atoms with Crippen LogP contribution in [0.4, 0.5) is 0 Å². The van der Waals surface area contributed by atoms with Crippen molar-refractivity contribution in [3.8, 4) is 0 Å². The molecule has 0 radical (unpaired) electrons. The molecule has 1 saturated carbocycles. The second-order valence-electron chi connectivity index (χ2n) is 4.54. The molecule has 0 amide bonds. The molecule has 0 atom stereocenters. The highest BCUT2D eigenvalue weighted by atomic mass is 35.5. The van der Waals surface area contributed by atoms with E-state index in [-0.39, 0.29) is 0 Å². The van der Waals surface area contributed by atoms with Gasteiger partial charge >= 0.3 is 0 Å². The Morgan fingerprint density at radius 1 is 1.20 bits per heavy atom. The quantitative estimate of drug-likeness (QED) is 0.719. The fraction of sp³-hybridized carbons (Fsp3) is 0.667. The summed E-state index contributed by atoms with van der Waals surface area (Å²) in [5, 5.41) is 0. The molecule has 1 aliphatic rings. The molecule has 1 fully saturated rings. The molecule has 1 aliphatic carbocycles. The molecule has 1 heterocycles. The van der Waals surface area contributed by atoms with Crippen molar-refractivity contribution in [3.63, 3.8) is 0 Å². The van der Waals surface area contributed by atoms with Gasteiger partial charge in [0.2, 0.25) is 0 Å². The monoisotopic (exact) mass is 224 g/mol. The molecular weight excluding hydrogens is 208 g/mol. The minimum Gasteiger partial charge on any atom is -0.241 e. The fourth-order valence-corrected chi connectivity index (χ4v) is 2.30. The summed E-state index contributed by atoms with van der Waals surface area (Å²) in [4.78, 5) is 8.81. The van der Waals surface area contributed by atoms with Gasteiger partial charge in [-0.3, -0.25) is 0 Å². The van der Waals surface area contributed by atoms with E-state index >= 15 is 0 Å². The van der Waals surface area contributed by atoms with Gasteiger partial charge in [-0.25, -0.2) is 9.97 Å². The smallest absolute Gasteiger partial charge is 0.131 e. The lowest BCUT2D eigenvalue weighted by atomic mass is 9.82. The minimum absolute atomic E-state index is 0.502. The van der Waals surface area contributed by atoms with Crippen LogP contribution in [-0.4, -0.2) is 9.97 Å². The summed E-state index contributed by atoms with van der Waals surface area (Å²) in [5.74, 6) is 2.96. The van der Waals surface area contributed by atoms with E-state index in [4.69, 9.17) is 11.6 Å². The van der Waals surface area contributed by atoms with Crippen LogP contribution in [0.15, 0.2) is 12.4 Å². The summed E-state index contributed by atoms with van der Waals surface area (Å²) < 4.78 is 0. The molecule has 1 aromatic rings. The largest absolute Gasteiger partial charge is 0.241 e. The Hall–Kier alpha value is -0.630. The van der Waals surface area contributed by atoms with Crippen LogP contribution < -0.4 is 0 Å². The predicted octanol–water partition coefficient (Wildman–Crippen LogP) is 3.51. The highest BCUT2D eigenvalue weighted by molar-refractivity contribution is 6.17. The number of aromatic nitrogens is 2. The van der Waals surface area contributed by atoms with Crippen LogP contribution in [0.5, 0.6) is 0 Å². The highest BCUT2D eigenvalue weighted by Gasteiger charge is 2.21. The zero-order chi connectivity index (χ0) is 10.7. The molecule has 2 nitrogen and oxygen atoms in total. The summed E-state index contributed by atoms with van der Waals surface area (Å²) in [6, 6.07) is 0. The standard InChI is InChI=1S/C12H17ClN2/c1-9-2-4-11(5-3-9)12-14-7-10(6-13)8-15-12/h7-9,11H,2-6H2,1H3. The van der Waals surface area contributed by atoms with Gasteiger partial charge in [0.05, 0.1) is 5.88 Å². The third-order valence-electron chi connectivity index (χ3n) is 3.26. The average Bonchev–Trinajstić information content (AvgIpc) is 2.30. The van der Waals surface area contributed by atoms with Gasteiger partial charge in [-0.05, 0) is 18.8 Å². The number of nitrogens with zero attached hydrogens (tertiary/aromatic N) is 2. The van der Waals surface area contributed by atoms with Crippen molar-refractivity contribution in [2.24, 2.45) is 5.92 Å². The van der Waals surface area contributed by atoms with Crippen LogP contribution >= 0.6 is 11.6 Å². The van der Waals surface area contributed by atoms with E-state index in [0.29, 0.717) is 11.8 Å². The van der Waals surface area contributed by atoms with Crippen LogP contribution in [0.25, 0.3) is 0 Å². The molecule has 1 aromatic heterocycles. The van der Waals surface area contributed by atoms with E-state index in [1.807, 2.05) is 12.4 Å². The summed E-state index contributed by atoms with van der Waals surface area (Å²) in [6.07, 6.45) is 8.81. The summed E-state index contributed by atoms with van der Waals surface area (Å²) in [5.41, 5.74) is 1.00. The van der Waals surface area contributed by atoms with E-state index < -0.39 is 0 Å². The molecule has 0 saturated heterocycles. The maximum absolute atomic E-state index is 5.70. The van der Waals surface area contributed by atoms with Crippen molar-refractivity contribution < 1.29 is 0 Å². The predicted molar refractivity (Wildman–Crippen MR) is 62.0 cm³/mol. The Bertz CT molecular complexity index is 302. The molecule has 3 heteroatoms. The average molecular weight is 225 g/mol. The Kier molecular flexibility index (Phi) is 3.57. The van der Waals surface area contributed by atoms with Gasteiger partial charge in [-0.2, -0.15) is 0 Å². The summed E-state index contributed by atoms with van der Waals surface area (Å²) >= 11 is 5.70. The van der Waals surface area contributed by atoms with E-state index in [0.717, 1.165) is 17.3 Å². The number of hydrogen-bond acceptors (Lipinski definition) is 2. The first kappa shape index (κ1) is 10.9. The zero-order valence-electron chi connectivity index (χ0n) is 9.12. The van der Waals surface area contributed by atoms with Crippen molar-refractivity contribution >= 4 is 11.6 Å². The van der Waals surface area contributed by atoms with Crippen LogP contribution in [0.1, 0.15) is 49.9 Å². The second-order valence-corrected chi connectivity index (χ2v) is 4.81. The maximum atomic E-state index is 5.70. The molecule has 2 rings (SSSR count). The summed E-state index contributed by atoms with van der Waals surface area (Å²) in [6.45, 7) is 2.33. The van der Waals surface area contributed by atoms with E-state index in [2.05, 4.69) is 16.9 Å². The minimum atomic E-state index is 0.502. The Morgan fingerprint density at radius 2 is 1.80 bits per heavy atom. The van der Waals surface area contributed by atoms with Crippen LogP contribution in [0.3, 0.4) is 0 Å². The van der Waals surface area contributed by atoms with E-state index in [1.54, 1.807) is 0 Å². The molecular formula is C12H17ClN2. The Balaban J connectivity index is 2.03. The SMILES string of the molecule is CC1CCC(c2ncc(CCl)cn2)CC1. The first-order valence-electron chi connectivity index (χ1n) is 5.66. The van der Waals surface area contributed by atoms with Crippen molar-refractivity contribution in [1.29, 1.82) is 0 Å². The molecule has 15 heavy (non-hydrogen) atoms. The van der Waals surface area contributed by atoms with Gasteiger partial charge in [0.25, 0.3) is 0 Å². The fourth-order valence-electron chi connectivity index (χ4n) is 2.16. The van der Waals surface area contributed by atoms with Crippen LogP contribution in [-0.2, 0) is 5.88 Å². The number of hydrogen-bond donors (Lipinski definition) is 0. The molecule has 0 aliphatic heterocycles. The van der Waals surface area contributed by atoms with Crippen molar-refractivity contribution in [1.82, 2.24) is 9.97 Å². The van der Waals surface area contributed by atoms with Crippen molar-refractivity contribution in [3.05, 3.63) is 23.8 Å². The molecule has 0 spiro atoms. The third kappa shape index (κ3) is 2.69. The number of halogens is 1. The lowest BCUT2D eigenvalue weighted by molar-refractivity contribution is 0.339. The molecule has 0 bridgehead atoms. The Labute approximate surface area is 96.1 Å². The van der Waals surface area contributed by atoms with Crippen molar-refractivity contribution in [2.45, 2.75) is 44.4 Å². The summed E-state index contributed by atoms with van der Waals surface area (Å²) in [7, 11) is 0.